The van der Waals surface area contributed by atoms with E-state index in [0.29, 0.717) is 0 Å². The second-order valence-corrected chi connectivity index (χ2v) is 7.12. The Balaban J connectivity index is 1.59. The molecule has 5 heteroatoms. The molecule has 0 fully saturated rings. The van der Waals surface area contributed by atoms with Crippen LogP contribution < -0.4 is 5.32 Å². The monoisotopic (exact) mass is 328 g/mol. The number of fused-ring (bicyclic) bond motifs is 1. The van der Waals surface area contributed by atoms with Crippen LogP contribution in [0.15, 0.2) is 30.3 Å². The number of likely N-dealkylation sites (N-methyl/N-ethyl adjacent to an activating group) is 1. The lowest BCUT2D eigenvalue weighted by Gasteiger charge is -2.16. The van der Waals surface area contributed by atoms with Crippen molar-refractivity contribution in [3.8, 4) is 0 Å². The quantitative estimate of drug-likeness (QED) is 0.936. The predicted molar refractivity (Wildman–Crippen MR) is 93.1 cm³/mol. The molecule has 1 aliphatic rings. The molecule has 1 heterocycles. The Morgan fingerprint density at radius 1 is 1.22 bits per heavy atom. The van der Waals surface area contributed by atoms with Crippen molar-refractivity contribution in [1.82, 2.24) is 4.90 Å². The van der Waals surface area contributed by atoms with Gasteiger partial charge in [-0.25, -0.2) is 0 Å². The van der Waals surface area contributed by atoms with Crippen molar-refractivity contribution in [3.63, 3.8) is 0 Å². The zero-order valence-corrected chi connectivity index (χ0v) is 14.2. The molecule has 2 amide bonds. The normalized spacial score (nSPS) is 12.8. The molecular formula is C18H20N2O2S. The first-order valence-electron chi connectivity index (χ1n) is 7.76. The van der Waals surface area contributed by atoms with Gasteiger partial charge in [-0.3, -0.25) is 9.59 Å². The number of thiophene rings is 1. The maximum Gasteiger partial charge on any atom is 0.264 e. The highest BCUT2D eigenvalue weighted by atomic mass is 32.1. The van der Waals surface area contributed by atoms with E-state index in [-0.39, 0.29) is 18.4 Å². The average molecular weight is 328 g/mol. The molecule has 0 unspecified atom stereocenters. The Morgan fingerprint density at radius 3 is 2.65 bits per heavy atom. The topological polar surface area (TPSA) is 49.4 Å². The number of hydrogen-bond acceptors (Lipinski definition) is 3. The van der Waals surface area contributed by atoms with Crippen LogP contribution in [-0.4, -0.2) is 30.3 Å². The maximum absolute atomic E-state index is 12.4. The molecule has 0 spiro atoms. The molecule has 0 saturated heterocycles. The van der Waals surface area contributed by atoms with Crippen LogP contribution in [0.3, 0.4) is 0 Å². The van der Waals surface area contributed by atoms with E-state index < -0.39 is 0 Å². The summed E-state index contributed by atoms with van der Waals surface area (Å²) in [6.07, 6.45) is 3.33. The van der Waals surface area contributed by atoms with Gasteiger partial charge in [-0.1, -0.05) is 17.7 Å². The Bertz CT molecular complexity index is 712. The summed E-state index contributed by atoms with van der Waals surface area (Å²) >= 11 is 1.57. The van der Waals surface area contributed by atoms with Gasteiger partial charge in [-0.2, -0.15) is 0 Å². The summed E-state index contributed by atoms with van der Waals surface area (Å²) < 4.78 is 0. The number of benzene rings is 1. The summed E-state index contributed by atoms with van der Waals surface area (Å²) in [6, 6.07) is 9.59. The molecule has 2 aromatic rings. The van der Waals surface area contributed by atoms with Crippen LogP contribution in [-0.2, 0) is 17.6 Å². The summed E-state index contributed by atoms with van der Waals surface area (Å²) in [5, 5.41) is 2.82. The van der Waals surface area contributed by atoms with Gasteiger partial charge in [-0.05, 0) is 49.9 Å². The third-order valence-corrected chi connectivity index (χ3v) is 5.25. The van der Waals surface area contributed by atoms with E-state index in [2.05, 4.69) is 5.32 Å². The molecule has 1 aromatic carbocycles. The largest absolute Gasteiger partial charge is 0.332 e. The molecule has 1 N–H and O–H groups in total. The van der Waals surface area contributed by atoms with Crippen LogP contribution in [0.1, 0.15) is 32.1 Å². The summed E-state index contributed by atoms with van der Waals surface area (Å²) in [5.74, 6) is -0.266. The van der Waals surface area contributed by atoms with E-state index in [9.17, 15) is 9.59 Å². The third-order valence-electron chi connectivity index (χ3n) is 4.02. The molecular weight excluding hydrogens is 308 g/mol. The van der Waals surface area contributed by atoms with E-state index >= 15 is 0 Å². The summed E-state index contributed by atoms with van der Waals surface area (Å²) in [7, 11) is 1.67. The van der Waals surface area contributed by atoms with Crippen molar-refractivity contribution in [2.24, 2.45) is 0 Å². The first kappa shape index (κ1) is 15.7. The van der Waals surface area contributed by atoms with Crippen molar-refractivity contribution < 1.29 is 9.59 Å². The Labute approximate surface area is 140 Å². The fraction of sp³-hybridized carbons (Fsp3) is 0.333. The van der Waals surface area contributed by atoms with Crippen molar-refractivity contribution in [2.75, 3.05) is 18.9 Å². The fourth-order valence-electron chi connectivity index (χ4n) is 2.75. The molecule has 0 saturated carbocycles. The van der Waals surface area contributed by atoms with E-state index in [0.717, 1.165) is 29.0 Å². The van der Waals surface area contributed by atoms with E-state index in [1.54, 1.807) is 18.4 Å². The van der Waals surface area contributed by atoms with Gasteiger partial charge in [0.2, 0.25) is 5.91 Å². The lowest BCUT2D eigenvalue weighted by Crippen LogP contribution is -2.34. The van der Waals surface area contributed by atoms with E-state index in [1.807, 2.05) is 37.3 Å². The highest BCUT2D eigenvalue weighted by Crippen LogP contribution is 2.31. The van der Waals surface area contributed by atoms with Crippen molar-refractivity contribution in [3.05, 3.63) is 51.2 Å². The Kier molecular flexibility index (Phi) is 4.48. The molecule has 23 heavy (non-hydrogen) atoms. The van der Waals surface area contributed by atoms with Crippen LogP contribution in [0, 0.1) is 6.92 Å². The van der Waals surface area contributed by atoms with Gasteiger partial charge in [0.1, 0.15) is 0 Å². The number of anilines is 1. The van der Waals surface area contributed by atoms with Crippen molar-refractivity contribution in [2.45, 2.75) is 26.2 Å². The fourth-order valence-corrected chi connectivity index (χ4v) is 4.00. The minimum absolute atomic E-state index is 0.0509. The lowest BCUT2D eigenvalue weighted by molar-refractivity contribution is -0.116. The SMILES string of the molecule is Cc1ccc(NC(=O)CN(C)C(=O)c2cc3c(s2)CCC3)cc1. The average Bonchev–Trinajstić information content (AvgIpc) is 3.10. The lowest BCUT2D eigenvalue weighted by atomic mass is 10.2. The highest BCUT2D eigenvalue weighted by Gasteiger charge is 2.21. The predicted octanol–water partition coefficient (Wildman–Crippen LogP) is 3.26. The first-order valence-corrected chi connectivity index (χ1v) is 8.58. The smallest absolute Gasteiger partial charge is 0.264 e. The first-order chi connectivity index (χ1) is 11.0. The number of aryl methyl sites for hydroxylation is 3. The van der Waals surface area contributed by atoms with Gasteiger partial charge in [0.25, 0.3) is 5.91 Å². The number of carbonyl (C=O) groups excluding carboxylic acids is 2. The number of amides is 2. The molecule has 0 bridgehead atoms. The molecule has 1 aromatic heterocycles. The highest BCUT2D eigenvalue weighted by molar-refractivity contribution is 7.14. The zero-order valence-electron chi connectivity index (χ0n) is 13.4. The molecule has 0 radical (unpaired) electrons. The molecule has 4 nitrogen and oxygen atoms in total. The summed E-state index contributed by atoms with van der Waals surface area (Å²) in [5.41, 5.74) is 3.19. The van der Waals surface area contributed by atoms with Crippen LogP contribution >= 0.6 is 11.3 Å². The van der Waals surface area contributed by atoms with Gasteiger partial charge in [0, 0.05) is 17.6 Å². The van der Waals surface area contributed by atoms with Crippen LogP contribution in [0.25, 0.3) is 0 Å². The minimum atomic E-state index is -0.186. The van der Waals surface area contributed by atoms with E-state index in [4.69, 9.17) is 0 Å². The number of hydrogen-bond donors (Lipinski definition) is 1. The van der Waals surface area contributed by atoms with E-state index in [1.165, 1.54) is 21.8 Å². The molecule has 1 aliphatic carbocycles. The van der Waals surface area contributed by atoms with Crippen molar-refractivity contribution >= 4 is 28.8 Å². The van der Waals surface area contributed by atoms with Gasteiger partial charge in [0.05, 0.1) is 11.4 Å². The maximum atomic E-state index is 12.4. The second kappa shape index (κ2) is 6.54. The minimum Gasteiger partial charge on any atom is -0.332 e. The molecule has 0 atom stereocenters. The van der Waals surface area contributed by atoms with Crippen molar-refractivity contribution in [1.29, 1.82) is 0 Å². The van der Waals surface area contributed by atoms with Crippen LogP contribution in [0.2, 0.25) is 0 Å². The van der Waals surface area contributed by atoms with Crippen LogP contribution in [0.4, 0.5) is 5.69 Å². The van der Waals surface area contributed by atoms with Gasteiger partial charge in [0.15, 0.2) is 0 Å². The number of nitrogens with one attached hydrogen (secondary N) is 1. The molecule has 3 rings (SSSR count). The Morgan fingerprint density at radius 2 is 1.96 bits per heavy atom. The number of nitrogens with zero attached hydrogens (tertiary/aromatic N) is 1. The van der Waals surface area contributed by atoms with Gasteiger partial charge >= 0.3 is 0 Å². The molecule has 120 valence electrons. The second-order valence-electron chi connectivity index (χ2n) is 5.99. The Hall–Kier alpha value is -2.14. The number of rotatable bonds is 4. The third kappa shape index (κ3) is 3.62. The molecule has 0 aliphatic heterocycles. The zero-order chi connectivity index (χ0) is 16.4. The summed E-state index contributed by atoms with van der Waals surface area (Å²) in [6.45, 7) is 2.05. The van der Waals surface area contributed by atoms with Gasteiger partial charge < -0.3 is 10.2 Å². The summed E-state index contributed by atoms with van der Waals surface area (Å²) in [4.78, 5) is 28.1. The van der Waals surface area contributed by atoms with Crippen LogP contribution in [0.5, 0.6) is 0 Å². The van der Waals surface area contributed by atoms with Gasteiger partial charge in [-0.15, -0.1) is 11.3 Å². The standard InChI is InChI=1S/C18H20N2O2S/c1-12-6-8-14(9-7-12)19-17(21)11-20(2)18(22)16-10-13-4-3-5-15(13)23-16/h6-10H,3-5,11H2,1-2H3,(H,19,21). The number of carbonyl (C=O) groups is 2.